The first-order chi connectivity index (χ1) is 12.5. The number of amides is 2. The average molecular weight is 495 g/mol. The predicted molar refractivity (Wildman–Crippen MR) is 126 cm³/mol. The number of hydrogen-bond acceptors (Lipinski definition) is 3. The molecule has 0 saturated carbocycles. The summed E-state index contributed by atoms with van der Waals surface area (Å²) >= 11 is 2.19. The largest absolute Gasteiger partial charge is 0.325 e. The predicted octanol–water partition coefficient (Wildman–Crippen LogP) is 4.55. The van der Waals surface area contributed by atoms with Crippen LogP contribution in [0.5, 0.6) is 0 Å². The molecule has 0 saturated heterocycles. The smallest absolute Gasteiger partial charge is 0.241 e. The first-order valence-electron chi connectivity index (χ1n) is 8.72. The van der Waals surface area contributed by atoms with Crippen molar-refractivity contribution in [3.63, 3.8) is 0 Å². The zero-order valence-electron chi connectivity index (χ0n) is 14.4. The molecule has 2 atom stereocenters. The van der Waals surface area contributed by atoms with E-state index < -0.39 is 0 Å². The lowest BCUT2D eigenvalue weighted by Gasteiger charge is -2.06. The number of alkyl halides is 1. The van der Waals surface area contributed by atoms with Gasteiger partial charge in [0.05, 0.1) is 9.97 Å². The Hall–Kier alpha value is -1.93. The summed E-state index contributed by atoms with van der Waals surface area (Å²) in [6.07, 6.45) is 3.52. The molecular formula is C22H30IN3O2. The van der Waals surface area contributed by atoms with E-state index in [4.69, 9.17) is 5.73 Å². The van der Waals surface area contributed by atoms with Crippen LogP contribution >= 0.6 is 22.6 Å². The van der Waals surface area contributed by atoms with E-state index in [1.807, 2.05) is 42.5 Å². The summed E-state index contributed by atoms with van der Waals surface area (Å²) in [5.41, 5.74) is 9.94. The van der Waals surface area contributed by atoms with Crippen molar-refractivity contribution in [2.45, 2.75) is 50.5 Å². The monoisotopic (exact) mass is 495 g/mol. The highest BCUT2D eigenvalue weighted by molar-refractivity contribution is 14.1. The lowest BCUT2D eigenvalue weighted by Crippen LogP contribution is -2.34. The minimum absolute atomic E-state index is 0. The zero-order chi connectivity index (χ0) is 18.5. The number of carbonyl (C=O) groups excluding carboxylic acids is 2. The molecule has 152 valence electrons. The van der Waals surface area contributed by atoms with Crippen LogP contribution < -0.4 is 16.4 Å². The molecule has 0 aromatic heterocycles. The number of halogens is 1. The van der Waals surface area contributed by atoms with Crippen LogP contribution in [0.3, 0.4) is 0 Å². The molecule has 5 nitrogen and oxygen atoms in total. The number of anilines is 2. The van der Waals surface area contributed by atoms with Crippen LogP contribution in [0.25, 0.3) is 0 Å². The highest BCUT2D eigenvalue weighted by Gasteiger charge is 2.20. The Balaban J connectivity index is 0.000000261. The lowest BCUT2D eigenvalue weighted by molar-refractivity contribution is -0.117. The SMILES string of the molecule is C.C.NC1CCc2ccccc2NC1=O.O=C1Nc2ccccc2CCC1I. The number of nitrogens with two attached hydrogens (primary N) is 1. The first-order valence-corrected chi connectivity index (χ1v) is 9.96. The second-order valence-electron chi connectivity index (χ2n) is 6.44. The minimum Gasteiger partial charge on any atom is -0.325 e. The van der Waals surface area contributed by atoms with Crippen LogP contribution in [-0.2, 0) is 22.4 Å². The van der Waals surface area contributed by atoms with Crippen molar-refractivity contribution in [2.75, 3.05) is 10.6 Å². The molecule has 0 fully saturated rings. The number of hydrogen-bond donors (Lipinski definition) is 3. The molecule has 2 unspecified atom stereocenters. The molecule has 0 aliphatic carbocycles. The van der Waals surface area contributed by atoms with Crippen molar-refractivity contribution in [2.24, 2.45) is 5.73 Å². The van der Waals surface area contributed by atoms with Gasteiger partial charge in [-0.2, -0.15) is 0 Å². The van der Waals surface area contributed by atoms with Gasteiger partial charge in [0.15, 0.2) is 0 Å². The number of rotatable bonds is 0. The van der Waals surface area contributed by atoms with E-state index in [1.54, 1.807) is 0 Å². The number of aryl methyl sites for hydroxylation is 2. The average Bonchev–Trinajstić information content (AvgIpc) is 2.89. The number of fused-ring (bicyclic) bond motifs is 2. The van der Waals surface area contributed by atoms with Gasteiger partial charge < -0.3 is 16.4 Å². The van der Waals surface area contributed by atoms with E-state index in [1.165, 1.54) is 11.1 Å². The number of para-hydroxylation sites is 2. The van der Waals surface area contributed by atoms with Crippen molar-refractivity contribution in [3.05, 3.63) is 59.7 Å². The normalized spacial score (nSPS) is 20.1. The lowest BCUT2D eigenvalue weighted by atomic mass is 10.1. The molecule has 4 N–H and O–H groups in total. The summed E-state index contributed by atoms with van der Waals surface area (Å²) in [6, 6.07) is 15.4. The second kappa shape index (κ2) is 11.2. The summed E-state index contributed by atoms with van der Waals surface area (Å²) in [5.74, 6) is 0.0514. The topological polar surface area (TPSA) is 84.2 Å². The summed E-state index contributed by atoms with van der Waals surface area (Å²) < 4.78 is 0.102. The molecule has 2 aromatic carbocycles. The highest BCUT2D eigenvalue weighted by Crippen LogP contribution is 2.24. The van der Waals surface area contributed by atoms with E-state index in [0.29, 0.717) is 0 Å². The van der Waals surface area contributed by atoms with Crippen LogP contribution in [0.15, 0.2) is 48.5 Å². The maximum atomic E-state index is 11.5. The maximum Gasteiger partial charge on any atom is 0.241 e. The fourth-order valence-corrected chi connectivity index (χ4v) is 3.48. The highest BCUT2D eigenvalue weighted by atomic mass is 127. The maximum absolute atomic E-state index is 11.5. The summed E-state index contributed by atoms with van der Waals surface area (Å²) in [5, 5.41) is 5.73. The van der Waals surface area contributed by atoms with Crippen molar-refractivity contribution in [3.8, 4) is 0 Å². The number of nitrogens with one attached hydrogen (secondary N) is 2. The van der Waals surface area contributed by atoms with Gasteiger partial charge in [-0.25, -0.2) is 0 Å². The van der Waals surface area contributed by atoms with E-state index >= 15 is 0 Å². The minimum atomic E-state index is -0.368. The second-order valence-corrected chi connectivity index (χ2v) is 7.95. The van der Waals surface area contributed by atoms with Crippen LogP contribution in [-0.4, -0.2) is 21.8 Å². The van der Waals surface area contributed by atoms with Crippen LogP contribution in [0.4, 0.5) is 11.4 Å². The fourth-order valence-electron chi connectivity index (χ4n) is 3.01. The third kappa shape index (κ3) is 6.04. The Kier molecular flexibility index (Phi) is 9.61. The summed E-state index contributed by atoms with van der Waals surface area (Å²) in [4.78, 5) is 22.8. The Morgan fingerprint density at radius 2 is 1.25 bits per heavy atom. The van der Waals surface area contributed by atoms with Gasteiger partial charge in [-0.05, 0) is 48.9 Å². The molecule has 0 bridgehead atoms. The van der Waals surface area contributed by atoms with E-state index in [0.717, 1.165) is 37.1 Å². The van der Waals surface area contributed by atoms with Gasteiger partial charge in [-0.1, -0.05) is 73.8 Å². The molecule has 2 heterocycles. The van der Waals surface area contributed by atoms with Crippen molar-refractivity contribution >= 4 is 45.8 Å². The third-order valence-electron chi connectivity index (χ3n) is 4.56. The number of carbonyl (C=O) groups is 2. The Labute approximate surface area is 181 Å². The zero-order valence-corrected chi connectivity index (χ0v) is 16.5. The Morgan fingerprint density at radius 1 is 0.786 bits per heavy atom. The van der Waals surface area contributed by atoms with Gasteiger partial charge in [0.2, 0.25) is 11.8 Å². The van der Waals surface area contributed by atoms with Gasteiger partial charge in [0.25, 0.3) is 0 Å². The Bertz CT molecular complexity index is 742. The summed E-state index contributed by atoms with van der Waals surface area (Å²) in [6.45, 7) is 0. The summed E-state index contributed by atoms with van der Waals surface area (Å²) in [7, 11) is 0. The molecule has 2 aromatic rings. The molecule has 2 aliphatic heterocycles. The van der Waals surface area contributed by atoms with E-state index in [-0.39, 0.29) is 36.6 Å². The molecule has 6 heteroatoms. The van der Waals surface area contributed by atoms with Gasteiger partial charge in [-0.3, -0.25) is 9.59 Å². The van der Waals surface area contributed by atoms with Crippen molar-refractivity contribution in [1.82, 2.24) is 0 Å². The standard InChI is InChI=1S/C10H10INO.C10H12N2O.2CH4/c2*11-8-6-5-7-3-1-2-4-9(7)12-10(8)13;;/h1-4,8H,5-6H2,(H,12,13);1-4,8H,5-6,11H2,(H,12,13);2*1H4. The molecule has 28 heavy (non-hydrogen) atoms. The van der Waals surface area contributed by atoms with E-state index in [9.17, 15) is 9.59 Å². The molecular weight excluding hydrogens is 465 g/mol. The van der Waals surface area contributed by atoms with Crippen molar-refractivity contribution < 1.29 is 9.59 Å². The van der Waals surface area contributed by atoms with E-state index in [2.05, 4.69) is 39.3 Å². The van der Waals surface area contributed by atoms with Crippen LogP contribution in [0.2, 0.25) is 0 Å². The molecule has 2 amide bonds. The van der Waals surface area contributed by atoms with Gasteiger partial charge in [0, 0.05) is 11.4 Å². The molecule has 2 aliphatic rings. The van der Waals surface area contributed by atoms with Crippen LogP contribution in [0.1, 0.15) is 38.8 Å². The van der Waals surface area contributed by atoms with Crippen molar-refractivity contribution in [1.29, 1.82) is 0 Å². The quantitative estimate of drug-likeness (QED) is 0.371. The van der Waals surface area contributed by atoms with Gasteiger partial charge in [0.1, 0.15) is 0 Å². The molecule has 0 spiro atoms. The molecule has 4 rings (SSSR count). The van der Waals surface area contributed by atoms with Crippen LogP contribution in [0, 0.1) is 0 Å². The fraction of sp³-hybridized carbons (Fsp3) is 0.364. The Morgan fingerprint density at radius 3 is 1.82 bits per heavy atom. The number of benzene rings is 2. The van der Waals surface area contributed by atoms with Gasteiger partial charge >= 0.3 is 0 Å². The van der Waals surface area contributed by atoms with Gasteiger partial charge in [-0.15, -0.1) is 0 Å². The first kappa shape index (κ1) is 24.1. The third-order valence-corrected chi connectivity index (χ3v) is 5.75. The molecule has 0 radical (unpaired) electrons.